The van der Waals surface area contributed by atoms with Crippen molar-refractivity contribution in [3.63, 3.8) is 0 Å². The molecule has 0 aliphatic rings. The van der Waals surface area contributed by atoms with Gasteiger partial charge in [0.1, 0.15) is 10.9 Å². The van der Waals surface area contributed by atoms with Crippen molar-refractivity contribution in [3.05, 3.63) is 53.6 Å². The molecule has 0 bridgehead atoms. The zero-order valence-corrected chi connectivity index (χ0v) is 14.7. The van der Waals surface area contributed by atoms with E-state index in [1.807, 2.05) is 38.1 Å². The molecular formula is C17H15ClN4OS. The number of fused-ring (bicyclic) bond motifs is 1. The third-order valence-electron chi connectivity index (χ3n) is 3.35. The van der Waals surface area contributed by atoms with Crippen molar-refractivity contribution in [3.8, 4) is 0 Å². The summed E-state index contributed by atoms with van der Waals surface area (Å²) in [7, 11) is 0. The van der Waals surface area contributed by atoms with Gasteiger partial charge in [0.25, 0.3) is 0 Å². The molecule has 0 saturated carbocycles. The Bertz CT molecular complexity index is 903. The van der Waals surface area contributed by atoms with Gasteiger partial charge in [-0.15, -0.1) is 0 Å². The average Bonchev–Trinajstić information content (AvgIpc) is 2.56. The summed E-state index contributed by atoms with van der Waals surface area (Å²) in [6, 6.07) is 11.2. The number of anilines is 1. The Balaban J connectivity index is 1.81. The highest BCUT2D eigenvalue weighted by atomic mass is 35.5. The molecule has 2 heterocycles. The molecule has 0 aliphatic heterocycles. The van der Waals surface area contributed by atoms with Crippen molar-refractivity contribution in [1.82, 2.24) is 15.0 Å². The lowest BCUT2D eigenvalue weighted by atomic mass is 10.2. The molecule has 122 valence electrons. The van der Waals surface area contributed by atoms with Crippen LogP contribution in [0, 0.1) is 6.92 Å². The van der Waals surface area contributed by atoms with Crippen LogP contribution in [0.25, 0.3) is 10.9 Å². The minimum atomic E-state index is -0.348. The Kier molecular flexibility index (Phi) is 4.97. The van der Waals surface area contributed by atoms with E-state index in [1.54, 1.807) is 18.3 Å². The van der Waals surface area contributed by atoms with Gasteiger partial charge in [0.15, 0.2) is 5.15 Å². The van der Waals surface area contributed by atoms with Gasteiger partial charge in [-0.2, -0.15) is 0 Å². The Morgan fingerprint density at radius 2 is 2.00 bits per heavy atom. The first-order valence-electron chi connectivity index (χ1n) is 7.36. The molecule has 24 heavy (non-hydrogen) atoms. The number of pyridine rings is 1. The molecule has 5 nitrogen and oxygen atoms in total. The van der Waals surface area contributed by atoms with Gasteiger partial charge in [0, 0.05) is 11.6 Å². The lowest BCUT2D eigenvalue weighted by molar-refractivity contribution is -0.115. The number of carbonyl (C=O) groups is 1. The van der Waals surface area contributed by atoms with Gasteiger partial charge in [0.2, 0.25) is 5.91 Å². The van der Waals surface area contributed by atoms with E-state index in [1.165, 1.54) is 11.8 Å². The van der Waals surface area contributed by atoms with Crippen molar-refractivity contribution in [1.29, 1.82) is 0 Å². The van der Waals surface area contributed by atoms with Gasteiger partial charge >= 0.3 is 0 Å². The second-order valence-electron chi connectivity index (χ2n) is 5.18. The van der Waals surface area contributed by atoms with E-state index >= 15 is 0 Å². The summed E-state index contributed by atoms with van der Waals surface area (Å²) in [5, 5.41) is 4.44. The molecule has 7 heteroatoms. The molecular weight excluding hydrogens is 344 g/mol. The minimum Gasteiger partial charge on any atom is -0.322 e. The highest BCUT2D eigenvalue weighted by molar-refractivity contribution is 8.00. The van der Waals surface area contributed by atoms with Crippen LogP contribution in [0.3, 0.4) is 0 Å². The van der Waals surface area contributed by atoms with Crippen molar-refractivity contribution in [2.24, 2.45) is 0 Å². The zero-order valence-electron chi connectivity index (χ0n) is 13.2. The largest absolute Gasteiger partial charge is 0.322 e. The molecule has 0 aliphatic carbocycles. The SMILES string of the molecule is Cc1nc(S[C@H](C)C(=O)Nc2cccnc2Cl)c2ccccc2n1. The van der Waals surface area contributed by atoms with Gasteiger partial charge in [0.05, 0.1) is 16.5 Å². The van der Waals surface area contributed by atoms with Crippen LogP contribution in [0.5, 0.6) is 0 Å². The molecule has 1 atom stereocenters. The number of hydrogen-bond acceptors (Lipinski definition) is 5. The summed E-state index contributed by atoms with van der Waals surface area (Å²) in [5.74, 6) is 0.523. The molecule has 0 unspecified atom stereocenters. The number of rotatable bonds is 4. The number of para-hydroxylation sites is 1. The van der Waals surface area contributed by atoms with Gasteiger partial charge in [-0.1, -0.05) is 41.6 Å². The molecule has 1 aromatic carbocycles. The molecule has 2 aromatic heterocycles. The fourth-order valence-electron chi connectivity index (χ4n) is 2.18. The number of thioether (sulfide) groups is 1. The van der Waals surface area contributed by atoms with Crippen LogP contribution in [-0.4, -0.2) is 26.1 Å². The van der Waals surface area contributed by atoms with Crippen molar-refractivity contribution in [2.45, 2.75) is 24.1 Å². The molecule has 0 spiro atoms. The molecule has 1 N–H and O–H groups in total. The van der Waals surface area contributed by atoms with Gasteiger partial charge in [-0.3, -0.25) is 4.79 Å². The Morgan fingerprint density at radius 1 is 1.21 bits per heavy atom. The van der Waals surface area contributed by atoms with Crippen LogP contribution in [0.2, 0.25) is 5.15 Å². The number of nitrogens with one attached hydrogen (secondary N) is 1. The van der Waals surface area contributed by atoms with Crippen LogP contribution in [-0.2, 0) is 4.79 Å². The second kappa shape index (κ2) is 7.15. The second-order valence-corrected chi connectivity index (χ2v) is 6.87. The van der Waals surface area contributed by atoms with Crippen molar-refractivity contribution in [2.75, 3.05) is 5.32 Å². The monoisotopic (exact) mass is 358 g/mol. The fraction of sp³-hybridized carbons (Fsp3) is 0.176. The summed E-state index contributed by atoms with van der Waals surface area (Å²) in [6.07, 6.45) is 1.58. The third-order valence-corrected chi connectivity index (χ3v) is 4.76. The van der Waals surface area contributed by atoms with E-state index in [0.29, 0.717) is 11.5 Å². The van der Waals surface area contributed by atoms with Crippen LogP contribution < -0.4 is 5.32 Å². The normalized spacial score (nSPS) is 12.1. The smallest absolute Gasteiger partial charge is 0.237 e. The van der Waals surface area contributed by atoms with Crippen LogP contribution in [0.1, 0.15) is 12.7 Å². The maximum absolute atomic E-state index is 12.4. The standard InChI is InChI=1S/C17H15ClN4OS/c1-10(16(23)22-14-8-5-9-19-15(14)18)24-17-12-6-3-4-7-13(12)20-11(2)21-17/h3-10H,1-2H3,(H,22,23)/t10-/m1/s1. The molecule has 0 saturated heterocycles. The van der Waals surface area contributed by atoms with Crippen LogP contribution >= 0.6 is 23.4 Å². The Morgan fingerprint density at radius 3 is 2.79 bits per heavy atom. The maximum Gasteiger partial charge on any atom is 0.237 e. The predicted molar refractivity (Wildman–Crippen MR) is 97.5 cm³/mol. The summed E-state index contributed by atoms with van der Waals surface area (Å²) < 4.78 is 0. The number of carbonyl (C=O) groups excluding carboxylic acids is 1. The van der Waals surface area contributed by atoms with Gasteiger partial charge in [-0.25, -0.2) is 15.0 Å². The zero-order chi connectivity index (χ0) is 17.1. The topological polar surface area (TPSA) is 67.8 Å². The van der Waals surface area contributed by atoms with Crippen LogP contribution in [0.4, 0.5) is 5.69 Å². The number of hydrogen-bond donors (Lipinski definition) is 1. The van der Waals surface area contributed by atoms with E-state index in [-0.39, 0.29) is 16.3 Å². The van der Waals surface area contributed by atoms with E-state index in [9.17, 15) is 4.79 Å². The van der Waals surface area contributed by atoms with Crippen molar-refractivity contribution < 1.29 is 4.79 Å². The van der Waals surface area contributed by atoms with Gasteiger partial charge < -0.3 is 5.32 Å². The molecule has 0 radical (unpaired) electrons. The first kappa shape index (κ1) is 16.7. The number of aryl methyl sites for hydroxylation is 1. The highest BCUT2D eigenvalue weighted by Crippen LogP contribution is 2.29. The Labute approximate surface area is 148 Å². The maximum atomic E-state index is 12.4. The van der Waals surface area contributed by atoms with E-state index in [2.05, 4.69) is 20.3 Å². The number of aromatic nitrogens is 3. The minimum absolute atomic E-state index is 0.157. The molecule has 0 fully saturated rings. The van der Waals surface area contributed by atoms with Crippen molar-refractivity contribution >= 4 is 45.9 Å². The molecule has 3 rings (SSSR count). The lowest BCUT2D eigenvalue weighted by Crippen LogP contribution is -2.22. The van der Waals surface area contributed by atoms with Crippen LogP contribution in [0.15, 0.2) is 47.6 Å². The quantitative estimate of drug-likeness (QED) is 0.432. The fourth-order valence-corrected chi connectivity index (χ4v) is 3.33. The Hall–Kier alpha value is -2.18. The van der Waals surface area contributed by atoms with E-state index in [4.69, 9.17) is 11.6 Å². The van der Waals surface area contributed by atoms with Gasteiger partial charge in [-0.05, 0) is 32.0 Å². The predicted octanol–water partition coefficient (Wildman–Crippen LogP) is 4.11. The van der Waals surface area contributed by atoms with E-state index in [0.717, 1.165) is 15.9 Å². The number of nitrogens with zero attached hydrogens (tertiary/aromatic N) is 3. The summed E-state index contributed by atoms with van der Waals surface area (Å²) >= 11 is 7.37. The molecule has 3 aromatic rings. The number of benzene rings is 1. The first-order chi connectivity index (χ1) is 11.5. The average molecular weight is 359 g/mol. The number of amides is 1. The first-order valence-corrected chi connectivity index (χ1v) is 8.62. The summed E-state index contributed by atoms with van der Waals surface area (Å²) in [6.45, 7) is 3.67. The highest BCUT2D eigenvalue weighted by Gasteiger charge is 2.18. The lowest BCUT2D eigenvalue weighted by Gasteiger charge is -2.13. The molecule has 1 amide bonds. The number of halogens is 1. The van der Waals surface area contributed by atoms with E-state index < -0.39 is 0 Å². The third kappa shape index (κ3) is 3.66. The summed E-state index contributed by atoms with van der Waals surface area (Å²) in [4.78, 5) is 25.3. The summed E-state index contributed by atoms with van der Waals surface area (Å²) in [5.41, 5.74) is 1.37.